The third kappa shape index (κ3) is 4.73. The van der Waals surface area contributed by atoms with Gasteiger partial charge in [0.05, 0.1) is 6.20 Å². The third-order valence-electron chi connectivity index (χ3n) is 2.82. The fourth-order valence-electron chi connectivity index (χ4n) is 1.69. The van der Waals surface area contributed by atoms with Gasteiger partial charge >= 0.3 is 0 Å². The summed E-state index contributed by atoms with van der Waals surface area (Å²) in [6.07, 6.45) is 5.43. The highest BCUT2D eigenvalue weighted by molar-refractivity contribution is 7.89. The molecule has 0 unspecified atom stereocenters. The highest BCUT2D eigenvalue weighted by atomic mass is 32.2. The smallest absolute Gasteiger partial charge is 0.246 e. The molecule has 1 heterocycles. The normalized spacial score (nSPS) is 12.2. The molecule has 1 N–H and O–H groups in total. The van der Waals surface area contributed by atoms with Crippen LogP contribution in [0, 0.1) is 0 Å². The number of rotatable bonds is 9. The van der Waals surface area contributed by atoms with Gasteiger partial charge in [-0.3, -0.25) is 4.68 Å². The molecule has 20 heavy (non-hydrogen) atoms. The first kappa shape index (κ1) is 16.9. The average molecular weight is 300 g/mol. The quantitative estimate of drug-likeness (QED) is 0.547. The molecule has 1 rings (SSSR count). The molecule has 0 radical (unpaired) electrons. The zero-order valence-corrected chi connectivity index (χ0v) is 13.2. The molecular formula is C13H24N4O2S. The molecule has 6 nitrogen and oxygen atoms in total. The Morgan fingerprint density at radius 2 is 2.25 bits per heavy atom. The fourth-order valence-corrected chi connectivity index (χ4v) is 2.79. The van der Waals surface area contributed by atoms with E-state index >= 15 is 0 Å². The van der Waals surface area contributed by atoms with Crippen molar-refractivity contribution in [3.05, 3.63) is 25.0 Å². The summed E-state index contributed by atoms with van der Waals surface area (Å²) in [7, 11) is -1.93. The van der Waals surface area contributed by atoms with Gasteiger partial charge in [-0.15, -0.1) is 6.58 Å². The number of sulfonamides is 1. The second-order valence-electron chi connectivity index (χ2n) is 4.98. The molecule has 0 spiro atoms. The van der Waals surface area contributed by atoms with Crippen LogP contribution in [0.15, 0.2) is 29.9 Å². The molecule has 0 aliphatic rings. The second-order valence-corrected chi connectivity index (χ2v) is 7.02. The van der Waals surface area contributed by atoms with E-state index in [9.17, 15) is 8.42 Å². The van der Waals surface area contributed by atoms with Gasteiger partial charge in [-0.25, -0.2) is 8.42 Å². The first-order valence-electron chi connectivity index (χ1n) is 6.71. The molecule has 0 fully saturated rings. The van der Waals surface area contributed by atoms with E-state index in [1.54, 1.807) is 17.0 Å². The van der Waals surface area contributed by atoms with E-state index in [2.05, 4.69) is 30.8 Å². The van der Waals surface area contributed by atoms with Crippen LogP contribution < -0.4 is 5.32 Å². The Hall–Kier alpha value is -1.18. The fraction of sp³-hybridized carbons (Fsp3) is 0.615. The van der Waals surface area contributed by atoms with Crippen LogP contribution in [-0.4, -0.2) is 48.7 Å². The maximum atomic E-state index is 12.2. The van der Waals surface area contributed by atoms with Gasteiger partial charge in [0.15, 0.2) is 0 Å². The van der Waals surface area contributed by atoms with E-state index in [1.807, 2.05) is 0 Å². The van der Waals surface area contributed by atoms with Crippen molar-refractivity contribution in [1.29, 1.82) is 0 Å². The maximum absolute atomic E-state index is 12.2. The monoisotopic (exact) mass is 300 g/mol. The molecular weight excluding hydrogens is 276 g/mol. The molecule has 0 aliphatic carbocycles. The molecule has 0 aliphatic heterocycles. The van der Waals surface area contributed by atoms with E-state index in [-0.39, 0.29) is 11.4 Å². The lowest BCUT2D eigenvalue weighted by atomic mass is 10.3. The molecule has 114 valence electrons. The van der Waals surface area contributed by atoms with Crippen LogP contribution >= 0.6 is 0 Å². The SMILES string of the molecule is C=CCN(C)S(=O)(=O)c1cnn(CCCNC(C)C)c1. The molecule has 0 atom stereocenters. The van der Waals surface area contributed by atoms with Gasteiger partial charge in [-0.1, -0.05) is 19.9 Å². The van der Waals surface area contributed by atoms with Gasteiger partial charge in [0.2, 0.25) is 10.0 Å². The number of hydrogen-bond acceptors (Lipinski definition) is 4. The summed E-state index contributed by atoms with van der Waals surface area (Å²) < 4.78 is 27.2. The Bertz CT molecular complexity index is 522. The molecule has 1 aromatic rings. The molecule has 0 amide bonds. The lowest BCUT2D eigenvalue weighted by molar-refractivity contribution is 0.498. The summed E-state index contributed by atoms with van der Waals surface area (Å²) >= 11 is 0. The van der Waals surface area contributed by atoms with Crippen LogP contribution in [0.1, 0.15) is 20.3 Å². The minimum atomic E-state index is -3.46. The van der Waals surface area contributed by atoms with Crippen molar-refractivity contribution in [3.8, 4) is 0 Å². The van der Waals surface area contributed by atoms with Crippen molar-refractivity contribution in [1.82, 2.24) is 19.4 Å². The largest absolute Gasteiger partial charge is 0.314 e. The Morgan fingerprint density at radius 1 is 1.55 bits per heavy atom. The number of aromatic nitrogens is 2. The average Bonchev–Trinajstić information content (AvgIpc) is 2.84. The van der Waals surface area contributed by atoms with E-state index in [0.29, 0.717) is 12.6 Å². The van der Waals surface area contributed by atoms with Crippen LogP contribution in [0.4, 0.5) is 0 Å². The Kier molecular flexibility index (Phi) is 6.38. The number of nitrogens with zero attached hydrogens (tertiary/aromatic N) is 3. The van der Waals surface area contributed by atoms with Crippen LogP contribution in [0.5, 0.6) is 0 Å². The number of aryl methyl sites for hydroxylation is 1. The van der Waals surface area contributed by atoms with E-state index in [4.69, 9.17) is 0 Å². The predicted octanol–water partition coefficient (Wildman–Crippen LogP) is 1.08. The zero-order valence-electron chi connectivity index (χ0n) is 12.4. The summed E-state index contributed by atoms with van der Waals surface area (Å²) in [6.45, 7) is 9.59. The molecule has 1 aromatic heterocycles. The van der Waals surface area contributed by atoms with E-state index < -0.39 is 10.0 Å². The molecule has 0 saturated heterocycles. The topological polar surface area (TPSA) is 67.2 Å². The highest BCUT2D eigenvalue weighted by Crippen LogP contribution is 2.13. The van der Waals surface area contributed by atoms with Crippen molar-refractivity contribution in [2.24, 2.45) is 0 Å². The predicted molar refractivity (Wildman–Crippen MR) is 80.0 cm³/mol. The standard InChI is InChI=1S/C13H24N4O2S/c1-5-8-16(4)20(18,19)13-10-15-17(11-13)9-6-7-14-12(2)3/h5,10-12,14H,1,6-9H2,2-4H3. The van der Waals surface area contributed by atoms with Gasteiger partial charge in [0.1, 0.15) is 4.90 Å². The lowest BCUT2D eigenvalue weighted by Gasteiger charge is -2.13. The van der Waals surface area contributed by atoms with Crippen molar-refractivity contribution < 1.29 is 8.42 Å². The Balaban J connectivity index is 2.60. The zero-order chi connectivity index (χ0) is 15.2. The molecule has 0 aromatic carbocycles. The Labute approximate surface area is 121 Å². The summed E-state index contributed by atoms with van der Waals surface area (Å²) in [5, 5.41) is 7.41. The number of likely N-dealkylation sites (N-methyl/N-ethyl adjacent to an activating group) is 1. The van der Waals surface area contributed by atoms with Gasteiger partial charge in [-0.2, -0.15) is 9.40 Å². The first-order valence-corrected chi connectivity index (χ1v) is 8.15. The number of hydrogen-bond donors (Lipinski definition) is 1. The van der Waals surface area contributed by atoms with Gasteiger partial charge < -0.3 is 5.32 Å². The lowest BCUT2D eigenvalue weighted by Crippen LogP contribution is -2.26. The van der Waals surface area contributed by atoms with Crippen molar-refractivity contribution in [2.45, 2.75) is 37.8 Å². The van der Waals surface area contributed by atoms with Crippen LogP contribution in [-0.2, 0) is 16.6 Å². The number of nitrogens with one attached hydrogen (secondary N) is 1. The van der Waals surface area contributed by atoms with Crippen molar-refractivity contribution in [3.63, 3.8) is 0 Å². The molecule has 7 heteroatoms. The molecule has 0 saturated carbocycles. The minimum Gasteiger partial charge on any atom is -0.314 e. The van der Waals surface area contributed by atoms with Crippen LogP contribution in [0.2, 0.25) is 0 Å². The summed E-state index contributed by atoms with van der Waals surface area (Å²) in [5.74, 6) is 0. The van der Waals surface area contributed by atoms with Crippen molar-refractivity contribution in [2.75, 3.05) is 20.1 Å². The minimum absolute atomic E-state index is 0.221. The van der Waals surface area contributed by atoms with E-state index in [0.717, 1.165) is 13.0 Å². The Morgan fingerprint density at radius 3 is 2.85 bits per heavy atom. The summed E-state index contributed by atoms with van der Waals surface area (Å²) in [6, 6.07) is 0.455. The summed E-state index contributed by atoms with van der Waals surface area (Å²) in [4.78, 5) is 0.221. The van der Waals surface area contributed by atoms with E-state index in [1.165, 1.54) is 17.5 Å². The van der Waals surface area contributed by atoms with Crippen molar-refractivity contribution >= 4 is 10.0 Å². The molecule has 0 bridgehead atoms. The maximum Gasteiger partial charge on any atom is 0.246 e. The van der Waals surface area contributed by atoms with Crippen LogP contribution in [0.25, 0.3) is 0 Å². The van der Waals surface area contributed by atoms with Gasteiger partial charge in [0, 0.05) is 32.4 Å². The van der Waals surface area contributed by atoms with Gasteiger partial charge in [-0.05, 0) is 13.0 Å². The highest BCUT2D eigenvalue weighted by Gasteiger charge is 2.21. The van der Waals surface area contributed by atoms with Crippen LogP contribution in [0.3, 0.4) is 0 Å². The third-order valence-corrected chi connectivity index (χ3v) is 4.60. The summed E-state index contributed by atoms with van der Waals surface area (Å²) in [5.41, 5.74) is 0. The van der Waals surface area contributed by atoms with Gasteiger partial charge in [0.25, 0.3) is 0 Å². The second kappa shape index (κ2) is 7.56. The first-order chi connectivity index (χ1) is 9.37.